The summed E-state index contributed by atoms with van der Waals surface area (Å²) >= 11 is 9.55. The zero-order valence-corrected chi connectivity index (χ0v) is 15.8. The van der Waals surface area contributed by atoms with Crippen LogP contribution in [-0.4, -0.2) is 34.8 Å². The minimum absolute atomic E-state index is 0.0336. The molecule has 2 N–H and O–H groups in total. The van der Waals surface area contributed by atoms with Crippen LogP contribution in [0.25, 0.3) is 5.65 Å². The Morgan fingerprint density at radius 2 is 2.16 bits per heavy atom. The quantitative estimate of drug-likeness (QED) is 0.653. The number of halogens is 3. The highest BCUT2D eigenvalue weighted by Crippen LogP contribution is 2.31. The number of nitrogens with zero attached hydrogens (tertiary/aromatic N) is 4. The Morgan fingerprint density at radius 3 is 2.92 bits per heavy atom. The van der Waals surface area contributed by atoms with E-state index in [1.807, 2.05) is 24.1 Å². The van der Waals surface area contributed by atoms with Crippen molar-refractivity contribution < 1.29 is 9.13 Å². The Labute approximate surface area is 157 Å². The number of hydrogen-bond donors (Lipinski definition) is 1. The number of hydrogen-bond acceptors (Lipinski definition) is 5. The van der Waals surface area contributed by atoms with Crippen LogP contribution in [0.4, 0.5) is 10.2 Å². The highest BCUT2D eigenvalue weighted by Gasteiger charge is 2.16. The third-order valence-electron chi connectivity index (χ3n) is 3.62. The number of aromatic nitrogens is 3. The Hall–Kier alpha value is -1.90. The lowest BCUT2D eigenvalue weighted by molar-refractivity contribution is 0.324. The van der Waals surface area contributed by atoms with Crippen molar-refractivity contribution in [1.82, 2.24) is 14.6 Å². The fraction of sp³-hybridized carbons (Fsp3) is 0.250. The molecule has 0 spiro atoms. The summed E-state index contributed by atoms with van der Waals surface area (Å²) in [7, 11) is 1.84. The Morgan fingerprint density at radius 1 is 1.36 bits per heavy atom. The topological polar surface area (TPSA) is 68.7 Å². The first kappa shape index (κ1) is 17.9. The van der Waals surface area contributed by atoms with Gasteiger partial charge in [-0.2, -0.15) is 0 Å². The molecule has 0 saturated heterocycles. The van der Waals surface area contributed by atoms with Crippen molar-refractivity contribution in [3.8, 4) is 5.75 Å². The van der Waals surface area contributed by atoms with Crippen LogP contribution >= 0.6 is 27.5 Å². The van der Waals surface area contributed by atoms with Gasteiger partial charge >= 0.3 is 0 Å². The van der Waals surface area contributed by atoms with Crippen LogP contribution in [0.5, 0.6) is 5.75 Å². The summed E-state index contributed by atoms with van der Waals surface area (Å²) in [4.78, 5) is 6.06. The zero-order valence-electron chi connectivity index (χ0n) is 13.4. The van der Waals surface area contributed by atoms with Gasteiger partial charge in [-0.15, -0.1) is 5.10 Å². The first-order valence-corrected chi connectivity index (χ1v) is 8.69. The second-order valence-corrected chi connectivity index (χ2v) is 6.56. The highest BCUT2D eigenvalue weighted by molar-refractivity contribution is 9.10. The number of ether oxygens (including phenoxy) is 1. The SMILES string of the molecule is CN(Cc1c(OCCN)ccc(F)c1Cl)c1ccc2ncc(Br)n2n1. The minimum Gasteiger partial charge on any atom is -0.492 e. The number of anilines is 1. The average molecular weight is 429 g/mol. The zero-order chi connectivity index (χ0) is 18.0. The standard InChI is InChI=1S/C16H16BrClFN5O/c1-23(15-5-4-14-21-8-13(17)24(14)22-15)9-10-12(25-7-6-20)3-2-11(19)16(10)18/h2-5,8H,6-7,9,20H2,1H3. The van der Waals surface area contributed by atoms with E-state index in [0.717, 1.165) is 10.3 Å². The molecule has 3 aromatic rings. The molecule has 0 aliphatic heterocycles. The normalized spacial score (nSPS) is 11.1. The number of nitrogens with two attached hydrogens (primary N) is 1. The monoisotopic (exact) mass is 427 g/mol. The smallest absolute Gasteiger partial charge is 0.154 e. The maximum atomic E-state index is 13.9. The van der Waals surface area contributed by atoms with Crippen LogP contribution in [0.2, 0.25) is 5.02 Å². The van der Waals surface area contributed by atoms with Gasteiger partial charge in [0.15, 0.2) is 5.65 Å². The van der Waals surface area contributed by atoms with Gasteiger partial charge in [0.25, 0.3) is 0 Å². The molecule has 0 fully saturated rings. The maximum Gasteiger partial charge on any atom is 0.154 e. The molecule has 0 amide bonds. The van der Waals surface area contributed by atoms with Crippen molar-refractivity contribution in [2.24, 2.45) is 5.73 Å². The molecule has 2 aromatic heterocycles. The van der Waals surface area contributed by atoms with Crippen LogP contribution in [0, 0.1) is 5.82 Å². The van der Waals surface area contributed by atoms with Gasteiger partial charge < -0.3 is 15.4 Å². The van der Waals surface area contributed by atoms with Crippen LogP contribution in [0.1, 0.15) is 5.56 Å². The highest BCUT2D eigenvalue weighted by atomic mass is 79.9. The third kappa shape index (κ3) is 3.70. The Balaban J connectivity index is 1.91. The van der Waals surface area contributed by atoms with E-state index in [-0.39, 0.29) is 5.02 Å². The van der Waals surface area contributed by atoms with Gasteiger partial charge in [-0.25, -0.2) is 13.9 Å². The molecule has 0 atom stereocenters. The second kappa shape index (κ2) is 7.55. The molecule has 6 nitrogen and oxygen atoms in total. The molecular weight excluding hydrogens is 413 g/mol. The summed E-state index contributed by atoms with van der Waals surface area (Å²) in [5, 5.41) is 4.54. The number of rotatable bonds is 6. The number of benzene rings is 1. The third-order valence-corrected chi connectivity index (χ3v) is 4.57. The number of fused-ring (bicyclic) bond motifs is 1. The van der Waals surface area contributed by atoms with Crippen molar-refractivity contribution in [2.75, 3.05) is 25.1 Å². The Kier molecular flexibility index (Phi) is 5.41. The summed E-state index contributed by atoms with van der Waals surface area (Å²) in [6, 6.07) is 6.53. The molecule has 0 unspecified atom stereocenters. The molecule has 1 aromatic carbocycles. The summed E-state index contributed by atoms with van der Waals surface area (Å²) in [6.45, 7) is 1.00. The van der Waals surface area contributed by atoms with Crippen molar-refractivity contribution in [3.05, 3.63) is 51.5 Å². The molecule has 0 radical (unpaired) electrons. The van der Waals surface area contributed by atoms with Crippen LogP contribution in [0.15, 0.2) is 35.1 Å². The van der Waals surface area contributed by atoms with Crippen molar-refractivity contribution in [3.63, 3.8) is 0 Å². The predicted molar refractivity (Wildman–Crippen MR) is 98.8 cm³/mol. The van der Waals surface area contributed by atoms with E-state index in [1.54, 1.807) is 16.8 Å². The fourth-order valence-corrected chi connectivity index (χ4v) is 2.96. The average Bonchev–Trinajstić information content (AvgIpc) is 2.99. The van der Waals surface area contributed by atoms with Crippen molar-refractivity contribution >= 4 is 39.0 Å². The molecule has 0 saturated carbocycles. The molecule has 9 heteroatoms. The van der Waals surface area contributed by atoms with Gasteiger partial charge in [0, 0.05) is 25.7 Å². The number of imidazole rings is 1. The molecular formula is C16H16BrClFN5O. The first-order chi connectivity index (χ1) is 12.0. The van der Waals surface area contributed by atoms with Gasteiger partial charge in [-0.3, -0.25) is 0 Å². The van der Waals surface area contributed by atoms with E-state index >= 15 is 0 Å². The second-order valence-electron chi connectivity index (χ2n) is 5.37. The summed E-state index contributed by atoms with van der Waals surface area (Å²) < 4.78 is 21.9. The van der Waals surface area contributed by atoms with Crippen molar-refractivity contribution in [1.29, 1.82) is 0 Å². The lowest BCUT2D eigenvalue weighted by Crippen LogP contribution is -2.20. The molecule has 0 aliphatic rings. The lowest BCUT2D eigenvalue weighted by Gasteiger charge is -2.21. The summed E-state index contributed by atoms with van der Waals surface area (Å²) in [5.41, 5.74) is 6.75. The summed E-state index contributed by atoms with van der Waals surface area (Å²) in [6.07, 6.45) is 1.67. The molecule has 132 valence electrons. The van der Waals surface area contributed by atoms with Gasteiger partial charge in [0.1, 0.15) is 28.6 Å². The van der Waals surface area contributed by atoms with E-state index in [1.165, 1.54) is 6.07 Å². The predicted octanol–water partition coefficient (Wildman–Crippen LogP) is 3.26. The van der Waals surface area contributed by atoms with Gasteiger partial charge in [-0.05, 0) is 40.2 Å². The first-order valence-electron chi connectivity index (χ1n) is 7.52. The van der Waals surface area contributed by atoms with E-state index in [0.29, 0.717) is 36.8 Å². The van der Waals surface area contributed by atoms with Crippen LogP contribution in [0.3, 0.4) is 0 Å². The lowest BCUT2D eigenvalue weighted by atomic mass is 10.1. The van der Waals surface area contributed by atoms with Gasteiger partial charge in [0.05, 0.1) is 11.2 Å². The largest absolute Gasteiger partial charge is 0.492 e. The molecule has 3 rings (SSSR count). The minimum atomic E-state index is -0.495. The van der Waals surface area contributed by atoms with Gasteiger partial charge in [-0.1, -0.05) is 11.6 Å². The van der Waals surface area contributed by atoms with Gasteiger partial charge in [0.2, 0.25) is 0 Å². The fourth-order valence-electron chi connectivity index (χ4n) is 2.38. The Bertz CT molecular complexity index is 904. The molecule has 0 bridgehead atoms. The van der Waals surface area contributed by atoms with E-state index in [4.69, 9.17) is 22.1 Å². The van der Waals surface area contributed by atoms with E-state index in [2.05, 4.69) is 26.0 Å². The maximum absolute atomic E-state index is 13.9. The molecule has 2 heterocycles. The van der Waals surface area contributed by atoms with E-state index < -0.39 is 5.82 Å². The molecule has 25 heavy (non-hydrogen) atoms. The van der Waals surface area contributed by atoms with Crippen LogP contribution < -0.4 is 15.4 Å². The molecule has 0 aliphatic carbocycles. The van der Waals surface area contributed by atoms with Crippen LogP contribution in [-0.2, 0) is 6.54 Å². The van der Waals surface area contributed by atoms with E-state index in [9.17, 15) is 4.39 Å². The van der Waals surface area contributed by atoms with Crippen molar-refractivity contribution in [2.45, 2.75) is 6.54 Å². The summed E-state index contributed by atoms with van der Waals surface area (Å²) in [5.74, 6) is 0.691.